The molecule has 1 aliphatic carbocycles. The van der Waals surface area contributed by atoms with E-state index < -0.39 is 16.3 Å². The van der Waals surface area contributed by atoms with Crippen LogP contribution in [0.15, 0.2) is 36.4 Å². The number of carbonyl (C=O) groups excluding carboxylic acids is 1. The van der Waals surface area contributed by atoms with Crippen molar-refractivity contribution in [2.24, 2.45) is 0 Å². The molecule has 0 radical (unpaired) electrons. The van der Waals surface area contributed by atoms with Crippen LogP contribution in [0.3, 0.4) is 0 Å². The van der Waals surface area contributed by atoms with Crippen LogP contribution in [0, 0.1) is 0 Å². The molecular formula is C23H26ClN2O4S+. The number of aromatic amines is 1. The number of hydrogen-bond donors (Lipinski definition) is 3. The molecule has 1 unspecified atom stereocenters. The second-order valence-corrected chi connectivity index (χ2v) is 10.2. The Bertz CT molecular complexity index is 1170. The van der Waals surface area contributed by atoms with Gasteiger partial charge in [0.05, 0.1) is 6.61 Å². The van der Waals surface area contributed by atoms with Crippen molar-refractivity contribution in [3.63, 3.8) is 0 Å². The summed E-state index contributed by atoms with van der Waals surface area (Å²) in [5.74, 6) is 0.335. The first-order valence-corrected chi connectivity index (χ1v) is 12.7. The first kappa shape index (κ1) is 21.9. The number of rotatable bonds is 7. The van der Waals surface area contributed by atoms with Gasteiger partial charge in [0.1, 0.15) is 11.4 Å². The van der Waals surface area contributed by atoms with Crippen LogP contribution in [-0.4, -0.2) is 28.3 Å². The Morgan fingerprint density at radius 1 is 1.26 bits per heavy atom. The molecule has 31 heavy (non-hydrogen) atoms. The summed E-state index contributed by atoms with van der Waals surface area (Å²) in [5.41, 5.74) is 4.47. The van der Waals surface area contributed by atoms with Crippen LogP contribution in [0.2, 0.25) is 5.02 Å². The predicted molar refractivity (Wildman–Crippen MR) is 124 cm³/mol. The molecule has 0 fully saturated rings. The summed E-state index contributed by atoms with van der Waals surface area (Å²) in [6.45, 7) is 0.516. The predicted octanol–water partition coefficient (Wildman–Crippen LogP) is 4.96. The Hall–Kier alpha value is -2.35. The molecule has 0 saturated carbocycles. The molecule has 0 saturated heterocycles. The van der Waals surface area contributed by atoms with Gasteiger partial charge in [0.25, 0.3) is 0 Å². The summed E-state index contributed by atoms with van der Waals surface area (Å²) in [7, 11) is -3.42. The summed E-state index contributed by atoms with van der Waals surface area (Å²) >= 11 is 6.09. The SMILES string of the molecule is C[S+](=O)(O)NC(=O)c1[nH]c2cc(Cl)ccc2c1CCCOc1cccc2c1CCCC2. The largest absolute Gasteiger partial charge is 0.493 e. The molecule has 1 amide bonds. The van der Waals surface area contributed by atoms with Crippen molar-refractivity contribution in [2.75, 3.05) is 12.9 Å². The fourth-order valence-electron chi connectivity index (χ4n) is 4.22. The molecule has 4 rings (SSSR count). The van der Waals surface area contributed by atoms with E-state index in [0.717, 1.165) is 35.8 Å². The lowest BCUT2D eigenvalue weighted by Crippen LogP contribution is -2.34. The monoisotopic (exact) mass is 461 g/mol. The van der Waals surface area contributed by atoms with Gasteiger partial charge in [-0.3, -0.25) is 4.79 Å². The maximum atomic E-state index is 12.6. The average molecular weight is 462 g/mol. The van der Waals surface area contributed by atoms with Gasteiger partial charge in [-0.05, 0) is 77.6 Å². The Kier molecular flexibility index (Phi) is 6.36. The fraction of sp³-hybridized carbons (Fsp3) is 0.348. The summed E-state index contributed by atoms with van der Waals surface area (Å²) in [4.78, 5) is 15.7. The maximum absolute atomic E-state index is 12.6. The molecule has 1 aliphatic rings. The Labute approximate surface area is 187 Å². The van der Waals surface area contributed by atoms with Crippen molar-refractivity contribution >= 4 is 38.8 Å². The van der Waals surface area contributed by atoms with Crippen LogP contribution < -0.4 is 9.46 Å². The van der Waals surface area contributed by atoms with Gasteiger partial charge >= 0.3 is 16.3 Å². The van der Waals surface area contributed by atoms with Gasteiger partial charge in [-0.25, -0.2) is 0 Å². The van der Waals surface area contributed by atoms with E-state index in [-0.39, 0.29) is 5.69 Å². The first-order valence-electron chi connectivity index (χ1n) is 10.4. The summed E-state index contributed by atoms with van der Waals surface area (Å²) in [6.07, 6.45) is 6.91. The minimum Gasteiger partial charge on any atom is -0.493 e. The molecule has 6 nitrogen and oxygen atoms in total. The summed E-state index contributed by atoms with van der Waals surface area (Å²) in [5, 5.41) is 1.41. The molecule has 0 aliphatic heterocycles. The van der Waals surface area contributed by atoms with Gasteiger partial charge in [-0.2, -0.15) is 4.55 Å². The van der Waals surface area contributed by atoms with E-state index in [4.69, 9.17) is 16.3 Å². The number of halogens is 1. The smallest absolute Gasteiger partial charge is 0.310 e. The van der Waals surface area contributed by atoms with Crippen LogP contribution in [0.1, 0.15) is 46.4 Å². The van der Waals surface area contributed by atoms with Crippen molar-refractivity contribution in [3.05, 3.63) is 63.8 Å². The van der Waals surface area contributed by atoms with Crippen molar-refractivity contribution in [2.45, 2.75) is 38.5 Å². The van der Waals surface area contributed by atoms with Gasteiger partial charge < -0.3 is 9.72 Å². The third-order valence-corrected chi connectivity index (χ3v) is 6.36. The fourth-order valence-corrected chi connectivity index (χ4v) is 4.84. The van der Waals surface area contributed by atoms with Gasteiger partial charge in [0.15, 0.2) is 6.26 Å². The van der Waals surface area contributed by atoms with Crippen molar-refractivity contribution < 1.29 is 18.3 Å². The lowest BCUT2D eigenvalue weighted by atomic mass is 9.91. The van der Waals surface area contributed by atoms with E-state index in [0.29, 0.717) is 30.0 Å². The second-order valence-electron chi connectivity index (χ2n) is 7.96. The van der Waals surface area contributed by atoms with Gasteiger partial charge in [-0.1, -0.05) is 29.8 Å². The zero-order chi connectivity index (χ0) is 22.0. The minimum atomic E-state index is -3.42. The highest BCUT2D eigenvalue weighted by Crippen LogP contribution is 2.30. The molecule has 3 N–H and O–H groups in total. The zero-order valence-corrected chi connectivity index (χ0v) is 18.9. The number of H-pyrrole nitrogens is 1. The third kappa shape index (κ3) is 5.11. The van der Waals surface area contributed by atoms with Crippen LogP contribution in [0.4, 0.5) is 0 Å². The first-order chi connectivity index (χ1) is 14.8. The lowest BCUT2D eigenvalue weighted by Gasteiger charge is -2.19. The van der Waals surface area contributed by atoms with Crippen LogP contribution >= 0.6 is 11.6 Å². The van der Waals surface area contributed by atoms with Crippen molar-refractivity contribution in [1.82, 2.24) is 9.71 Å². The molecular weight excluding hydrogens is 436 g/mol. The molecule has 3 aromatic rings. The van der Waals surface area contributed by atoms with Crippen molar-refractivity contribution in [3.8, 4) is 5.75 Å². The van der Waals surface area contributed by atoms with Gasteiger partial charge in [0, 0.05) is 15.9 Å². The standard InChI is InChI=1S/C23H25ClN2O4S/c1-31(28,29)26-23(27)22-19(18-12-11-16(24)14-20(18)25-22)9-5-13-30-21-10-4-7-15-6-2-3-8-17(15)21/h4,7,10-12,14H,2-3,5-6,8-9,13H2,1H3,(H2-,25,26,27,28,29)/p+1. The Morgan fingerprint density at radius 2 is 2.06 bits per heavy atom. The van der Waals surface area contributed by atoms with E-state index in [1.54, 1.807) is 12.1 Å². The van der Waals surface area contributed by atoms with Gasteiger partial charge in [-0.15, -0.1) is 4.72 Å². The van der Waals surface area contributed by atoms with Gasteiger partial charge in [0.2, 0.25) is 0 Å². The van der Waals surface area contributed by atoms with Crippen molar-refractivity contribution in [1.29, 1.82) is 0 Å². The highest BCUT2D eigenvalue weighted by atomic mass is 35.5. The topological polar surface area (TPSA) is 91.4 Å². The van der Waals surface area contributed by atoms with E-state index >= 15 is 0 Å². The Balaban J connectivity index is 1.51. The molecule has 0 spiro atoms. The van der Waals surface area contributed by atoms with Crippen LogP contribution in [0.25, 0.3) is 10.9 Å². The summed E-state index contributed by atoms with van der Waals surface area (Å²) < 4.78 is 29.4. The molecule has 2 aromatic carbocycles. The quantitative estimate of drug-likeness (QED) is 0.342. The number of aromatic nitrogens is 1. The van der Waals surface area contributed by atoms with Crippen LogP contribution in [-0.2, 0) is 33.9 Å². The third-order valence-electron chi connectivity index (χ3n) is 5.56. The molecule has 1 aromatic heterocycles. The molecule has 1 heterocycles. The lowest BCUT2D eigenvalue weighted by molar-refractivity contribution is 0.0974. The van der Waals surface area contributed by atoms with E-state index in [1.165, 1.54) is 24.0 Å². The summed E-state index contributed by atoms with van der Waals surface area (Å²) in [6, 6.07) is 11.6. The number of amides is 1. The van der Waals surface area contributed by atoms with Crippen LogP contribution in [0.5, 0.6) is 5.75 Å². The highest BCUT2D eigenvalue weighted by molar-refractivity contribution is 7.95. The highest BCUT2D eigenvalue weighted by Gasteiger charge is 2.26. The zero-order valence-electron chi connectivity index (χ0n) is 17.4. The molecule has 164 valence electrons. The molecule has 1 atom stereocenters. The second kappa shape index (κ2) is 9.02. The molecule has 8 heteroatoms. The number of hydrogen-bond acceptors (Lipinski definition) is 3. The number of fused-ring (bicyclic) bond motifs is 2. The van der Waals surface area contributed by atoms with E-state index in [1.807, 2.05) is 18.2 Å². The number of carbonyl (C=O) groups is 1. The normalized spacial score (nSPS) is 15.3. The van der Waals surface area contributed by atoms with E-state index in [2.05, 4.69) is 15.8 Å². The Morgan fingerprint density at radius 3 is 2.87 bits per heavy atom. The maximum Gasteiger partial charge on any atom is 0.310 e. The number of ether oxygens (including phenoxy) is 1. The number of aryl methyl sites for hydroxylation is 2. The van der Waals surface area contributed by atoms with E-state index in [9.17, 15) is 13.6 Å². The molecule has 0 bridgehead atoms. The number of benzene rings is 2. The average Bonchev–Trinajstić information content (AvgIpc) is 3.08. The number of nitrogens with one attached hydrogen (secondary N) is 2. The minimum absolute atomic E-state index is 0.276.